The molecule has 0 saturated carbocycles. The quantitative estimate of drug-likeness (QED) is 0.593. The molecule has 0 atom stereocenters. The molecule has 88 valence electrons. The molecule has 0 aliphatic rings. The van der Waals surface area contributed by atoms with E-state index in [-0.39, 0.29) is 0 Å². The largest absolute Gasteiger partial charge is 0.230 e. The van der Waals surface area contributed by atoms with Crippen molar-refractivity contribution in [1.29, 1.82) is 0 Å². The molecule has 0 amide bonds. The number of nitrogens with zero attached hydrogens (tertiary/aromatic N) is 2. The molecule has 2 aromatic rings. The molecule has 0 spiro atoms. The van der Waals surface area contributed by atoms with E-state index in [0.717, 1.165) is 16.4 Å². The Hall–Kier alpha value is -1.35. The summed E-state index contributed by atoms with van der Waals surface area (Å²) in [5.74, 6) is 0. The highest BCUT2D eigenvalue weighted by atomic mass is 32.2. The summed E-state index contributed by atoms with van der Waals surface area (Å²) < 4.78 is 0. The number of hydrogen-bond acceptors (Lipinski definition) is 3. The predicted octanol–water partition coefficient (Wildman–Crippen LogP) is 3.79. The summed E-state index contributed by atoms with van der Waals surface area (Å²) in [5.41, 5.74) is 5.93. The highest BCUT2D eigenvalue weighted by Crippen LogP contribution is 2.26. The Morgan fingerprint density at radius 1 is 1.06 bits per heavy atom. The summed E-state index contributed by atoms with van der Waals surface area (Å²) in [6, 6.07) is 6.47. The van der Waals surface area contributed by atoms with Crippen LogP contribution in [0.5, 0.6) is 0 Å². The third-order valence-electron chi connectivity index (χ3n) is 2.82. The summed E-state index contributed by atoms with van der Waals surface area (Å²) in [4.78, 5) is 8.85. The molecule has 1 heterocycles. The molecule has 2 nitrogen and oxygen atoms in total. The van der Waals surface area contributed by atoms with Gasteiger partial charge in [0, 0.05) is 17.5 Å². The summed E-state index contributed by atoms with van der Waals surface area (Å²) in [6.45, 7) is 6.27. The molecule has 0 unspecified atom stereocenters. The summed E-state index contributed by atoms with van der Waals surface area (Å²) in [6.07, 6.45) is 3.92. The second-order valence-corrected chi connectivity index (χ2v) is 4.95. The van der Waals surface area contributed by atoms with E-state index in [9.17, 15) is 0 Å². The van der Waals surface area contributed by atoms with Gasteiger partial charge in [0.1, 0.15) is 0 Å². The fraction of sp³-hybridized carbons (Fsp3) is 0.286. The van der Waals surface area contributed by atoms with Gasteiger partial charge in [0.2, 0.25) is 0 Å². The lowest BCUT2D eigenvalue weighted by atomic mass is 9.99. The molecule has 0 aliphatic carbocycles. The highest BCUT2D eigenvalue weighted by molar-refractivity contribution is 7.98. The zero-order valence-electron chi connectivity index (χ0n) is 10.6. The summed E-state index contributed by atoms with van der Waals surface area (Å²) in [5, 5.41) is 0.830. The van der Waals surface area contributed by atoms with Crippen molar-refractivity contribution >= 4 is 11.8 Å². The Kier molecular flexibility index (Phi) is 3.48. The van der Waals surface area contributed by atoms with Gasteiger partial charge in [-0.15, -0.1) is 0 Å². The van der Waals surface area contributed by atoms with E-state index in [1.54, 1.807) is 11.8 Å². The van der Waals surface area contributed by atoms with E-state index in [0.29, 0.717) is 0 Å². The molecule has 17 heavy (non-hydrogen) atoms. The van der Waals surface area contributed by atoms with Gasteiger partial charge in [0.05, 0.1) is 0 Å². The van der Waals surface area contributed by atoms with Crippen molar-refractivity contribution < 1.29 is 0 Å². The van der Waals surface area contributed by atoms with Gasteiger partial charge in [0.15, 0.2) is 5.16 Å². The lowest BCUT2D eigenvalue weighted by Gasteiger charge is -2.10. The number of benzene rings is 1. The fourth-order valence-electron chi connectivity index (χ4n) is 1.83. The minimum Gasteiger partial charge on any atom is -0.230 e. The van der Waals surface area contributed by atoms with Crippen molar-refractivity contribution in [3.8, 4) is 11.1 Å². The van der Waals surface area contributed by atoms with E-state index in [1.807, 2.05) is 19.4 Å². The van der Waals surface area contributed by atoms with Crippen LogP contribution in [0.15, 0.2) is 29.6 Å². The average molecular weight is 244 g/mol. The Balaban J connectivity index is 2.56. The SMILES string of the molecule is CSc1ncc(-c2cc(C)ccc2C)c(C)n1. The highest BCUT2D eigenvalue weighted by Gasteiger charge is 2.08. The molecule has 0 aliphatic heterocycles. The van der Waals surface area contributed by atoms with Crippen LogP contribution in [0.1, 0.15) is 16.8 Å². The predicted molar refractivity (Wildman–Crippen MR) is 73.5 cm³/mol. The van der Waals surface area contributed by atoms with Gasteiger partial charge in [0.25, 0.3) is 0 Å². The van der Waals surface area contributed by atoms with Gasteiger partial charge in [-0.3, -0.25) is 0 Å². The van der Waals surface area contributed by atoms with Crippen molar-refractivity contribution in [2.45, 2.75) is 25.9 Å². The topological polar surface area (TPSA) is 25.8 Å². The van der Waals surface area contributed by atoms with Crippen molar-refractivity contribution in [2.24, 2.45) is 0 Å². The summed E-state index contributed by atoms with van der Waals surface area (Å²) >= 11 is 1.57. The normalized spacial score (nSPS) is 10.6. The lowest BCUT2D eigenvalue weighted by molar-refractivity contribution is 0.938. The minimum atomic E-state index is 0.830. The molecule has 0 radical (unpaired) electrons. The van der Waals surface area contributed by atoms with E-state index < -0.39 is 0 Å². The van der Waals surface area contributed by atoms with Gasteiger partial charge in [-0.05, 0) is 38.2 Å². The van der Waals surface area contributed by atoms with E-state index in [4.69, 9.17) is 0 Å². The van der Waals surface area contributed by atoms with Crippen LogP contribution in [0, 0.1) is 20.8 Å². The zero-order valence-corrected chi connectivity index (χ0v) is 11.4. The molecule has 1 aromatic carbocycles. The van der Waals surface area contributed by atoms with Crippen molar-refractivity contribution in [3.63, 3.8) is 0 Å². The van der Waals surface area contributed by atoms with Gasteiger partial charge < -0.3 is 0 Å². The molecule has 0 fully saturated rings. The minimum absolute atomic E-state index is 0.830. The maximum Gasteiger partial charge on any atom is 0.187 e. The molecule has 0 bridgehead atoms. The molecule has 1 aromatic heterocycles. The maximum absolute atomic E-state index is 4.49. The van der Waals surface area contributed by atoms with E-state index >= 15 is 0 Å². The van der Waals surface area contributed by atoms with Crippen molar-refractivity contribution in [2.75, 3.05) is 6.26 Å². The van der Waals surface area contributed by atoms with Crippen LogP contribution in [-0.2, 0) is 0 Å². The van der Waals surface area contributed by atoms with Crippen LogP contribution in [0.3, 0.4) is 0 Å². The molecule has 2 rings (SSSR count). The average Bonchev–Trinajstić information content (AvgIpc) is 2.32. The van der Waals surface area contributed by atoms with Crippen LogP contribution in [0.2, 0.25) is 0 Å². The van der Waals surface area contributed by atoms with Crippen molar-refractivity contribution in [3.05, 3.63) is 41.2 Å². The Bertz CT molecular complexity index is 550. The Morgan fingerprint density at radius 2 is 1.82 bits per heavy atom. The summed E-state index contributed by atoms with van der Waals surface area (Å²) in [7, 11) is 0. The number of aryl methyl sites for hydroxylation is 3. The molecule has 3 heteroatoms. The van der Waals surface area contributed by atoms with Gasteiger partial charge >= 0.3 is 0 Å². The fourth-order valence-corrected chi connectivity index (χ4v) is 2.22. The van der Waals surface area contributed by atoms with E-state index in [2.05, 4.69) is 42.0 Å². The second kappa shape index (κ2) is 4.88. The maximum atomic E-state index is 4.49. The van der Waals surface area contributed by atoms with Crippen LogP contribution in [-0.4, -0.2) is 16.2 Å². The van der Waals surface area contributed by atoms with E-state index in [1.165, 1.54) is 16.7 Å². The van der Waals surface area contributed by atoms with Crippen LogP contribution in [0.25, 0.3) is 11.1 Å². The first-order valence-electron chi connectivity index (χ1n) is 5.57. The first-order valence-corrected chi connectivity index (χ1v) is 6.79. The monoisotopic (exact) mass is 244 g/mol. The third kappa shape index (κ3) is 2.50. The first-order chi connectivity index (χ1) is 8.11. The Morgan fingerprint density at radius 3 is 2.47 bits per heavy atom. The van der Waals surface area contributed by atoms with Crippen LogP contribution < -0.4 is 0 Å². The lowest BCUT2D eigenvalue weighted by Crippen LogP contribution is -1.95. The van der Waals surface area contributed by atoms with Crippen LogP contribution >= 0.6 is 11.8 Å². The Labute approximate surface area is 107 Å². The number of thioether (sulfide) groups is 1. The van der Waals surface area contributed by atoms with Crippen molar-refractivity contribution in [1.82, 2.24) is 9.97 Å². The standard InChI is InChI=1S/C14H16N2S/c1-9-5-6-10(2)12(7-9)13-8-15-14(17-4)16-11(13)3/h5-8H,1-4H3. The number of aromatic nitrogens is 2. The number of hydrogen-bond donors (Lipinski definition) is 0. The molecule has 0 N–H and O–H groups in total. The van der Waals surface area contributed by atoms with Gasteiger partial charge in [-0.2, -0.15) is 0 Å². The number of rotatable bonds is 2. The van der Waals surface area contributed by atoms with Gasteiger partial charge in [-0.25, -0.2) is 9.97 Å². The molecule has 0 saturated heterocycles. The second-order valence-electron chi connectivity index (χ2n) is 4.17. The molecular formula is C14H16N2S. The van der Waals surface area contributed by atoms with Crippen LogP contribution in [0.4, 0.5) is 0 Å². The smallest absolute Gasteiger partial charge is 0.187 e. The third-order valence-corrected chi connectivity index (χ3v) is 3.38. The van der Waals surface area contributed by atoms with Gasteiger partial charge in [-0.1, -0.05) is 35.5 Å². The molecular weight excluding hydrogens is 228 g/mol. The first kappa shape index (κ1) is 12.1. The zero-order chi connectivity index (χ0) is 12.4.